The van der Waals surface area contributed by atoms with E-state index in [0.717, 1.165) is 0 Å². The van der Waals surface area contributed by atoms with E-state index in [-0.39, 0.29) is 33.5 Å². The zero-order valence-corrected chi connectivity index (χ0v) is 23.5. The molecule has 11 nitrogen and oxygen atoms in total. The van der Waals surface area contributed by atoms with Crippen molar-refractivity contribution in [3.05, 3.63) is 28.6 Å². The number of amides is 1. The number of alkyl halides is 2. The third-order valence-electron chi connectivity index (χ3n) is 7.04. The van der Waals surface area contributed by atoms with Gasteiger partial charge < -0.3 is 9.80 Å². The minimum atomic E-state index is -4.11. The SMILES string of the molecule is [C-]#[N+]C1(NS(=O)(=O)c2cc(N3CCN(C(=O)C(C)C)[C@H](C)C3)c3c(c2)c(-c2nnc(C(F)F)s2)nn3C)CC1. The van der Waals surface area contributed by atoms with Crippen LogP contribution in [-0.2, 0) is 21.9 Å². The van der Waals surface area contributed by atoms with Gasteiger partial charge in [-0.2, -0.15) is 5.10 Å². The Bertz CT molecular complexity index is 1590. The number of nitrogens with one attached hydrogen (secondary N) is 1. The lowest BCUT2D eigenvalue weighted by atomic mass is 10.1. The Morgan fingerprint density at radius 2 is 1.97 bits per heavy atom. The zero-order valence-electron chi connectivity index (χ0n) is 21.8. The molecule has 0 bridgehead atoms. The number of anilines is 1. The van der Waals surface area contributed by atoms with Gasteiger partial charge >= 0.3 is 0 Å². The average molecular weight is 579 g/mol. The minimum absolute atomic E-state index is 0.0515. The van der Waals surface area contributed by atoms with Crippen LogP contribution in [0.3, 0.4) is 0 Å². The number of rotatable bonds is 7. The maximum Gasteiger partial charge on any atom is 0.299 e. The van der Waals surface area contributed by atoms with Crippen molar-refractivity contribution in [1.82, 2.24) is 29.6 Å². The molecular weight excluding hydrogens is 550 g/mol. The lowest BCUT2D eigenvalue weighted by Gasteiger charge is -2.42. The molecule has 1 aliphatic carbocycles. The van der Waals surface area contributed by atoms with Crippen molar-refractivity contribution < 1.29 is 22.0 Å². The number of aromatic nitrogens is 4. The first kappa shape index (κ1) is 27.4. The number of benzene rings is 1. The van der Waals surface area contributed by atoms with E-state index in [2.05, 4.69) is 24.9 Å². The van der Waals surface area contributed by atoms with E-state index in [0.29, 0.717) is 60.4 Å². The summed E-state index contributed by atoms with van der Waals surface area (Å²) in [5.74, 6) is -0.0947. The fourth-order valence-electron chi connectivity index (χ4n) is 4.84. The smallest absolute Gasteiger partial charge is 0.299 e. The molecule has 1 saturated heterocycles. The molecule has 3 heterocycles. The maximum absolute atomic E-state index is 13.5. The molecular formula is C24H28F2N8O3S2. The highest BCUT2D eigenvalue weighted by Gasteiger charge is 2.54. The molecule has 0 spiro atoms. The second-order valence-corrected chi connectivity index (χ2v) is 13.0. The van der Waals surface area contributed by atoms with Crippen LogP contribution in [0, 0.1) is 12.5 Å². The molecule has 1 amide bonds. The number of nitrogens with zero attached hydrogens (tertiary/aromatic N) is 7. The Balaban J connectivity index is 1.64. The summed E-state index contributed by atoms with van der Waals surface area (Å²) in [4.78, 5) is 19.9. The van der Waals surface area contributed by atoms with Gasteiger partial charge in [0.15, 0.2) is 10.0 Å². The highest BCUT2D eigenvalue weighted by molar-refractivity contribution is 7.89. The molecule has 1 aliphatic heterocycles. The highest BCUT2D eigenvalue weighted by atomic mass is 32.2. The Labute approximate surface area is 228 Å². The molecule has 0 unspecified atom stereocenters. The van der Waals surface area contributed by atoms with Crippen molar-refractivity contribution in [2.75, 3.05) is 24.5 Å². The van der Waals surface area contributed by atoms with Crippen LogP contribution >= 0.6 is 11.3 Å². The number of sulfonamides is 1. The first-order valence-electron chi connectivity index (χ1n) is 12.5. The minimum Gasteiger partial charge on any atom is -0.366 e. The van der Waals surface area contributed by atoms with Crippen molar-refractivity contribution in [2.45, 2.75) is 56.6 Å². The van der Waals surface area contributed by atoms with Crippen LogP contribution in [0.2, 0.25) is 0 Å². The normalized spacial score (nSPS) is 19.2. The molecule has 1 N–H and O–H groups in total. The zero-order chi connectivity index (χ0) is 28.3. The van der Waals surface area contributed by atoms with E-state index in [1.807, 2.05) is 30.6 Å². The Kier molecular flexibility index (Phi) is 6.84. The second-order valence-electron chi connectivity index (χ2n) is 10.3. The van der Waals surface area contributed by atoms with Crippen molar-refractivity contribution in [3.63, 3.8) is 0 Å². The molecule has 1 aromatic carbocycles. The predicted octanol–water partition coefficient (Wildman–Crippen LogP) is 3.41. The van der Waals surface area contributed by atoms with E-state index in [9.17, 15) is 22.0 Å². The number of piperazine rings is 1. The first-order chi connectivity index (χ1) is 18.4. The average Bonchev–Trinajstić information content (AvgIpc) is 3.31. The van der Waals surface area contributed by atoms with Gasteiger partial charge in [-0.15, -0.1) is 14.9 Å². The van der Waals surface area contributed by atoms with E-state index in [1.54, 1.807) is 17.8 Å². The van der Waals surface area contributed by atoms with Gasteiger partial charge in [0.1, 0.15) is 5.69 Å². The Morgan fingerprint density at radius 3 is 2.54 bits per heavy atom. The lowest BCUT2D eigenvalue weighted by molar-refractivity contribution is -0.136. The monoisotopic (exact) mass is 578 g/mol. The van der Waals surface area contributed by atoms with E-state index in [4.69, 9.17) is 6.57 Å². The topological polar surface area (TPSA) is 118 Å². The third-order valence-corrected chi connectivity index (χ3v) is 9.48. The largest absolute Gasteiger partial charge is 0.366 e. The van der Waals surface area contributed by atoms with Crippen molar-refractivity contribution >= 4 is 43.9 Å². The quantitative estimate of drug-likeness (QED) is 0.427. The standard InChI is InChI=1S/C24H28F2N8O3S2/c1-13(2)23(35)34-9-8-33(12-14(34)3)17-11-15(39(36,37)31-24(27-4)6-7-24)10-16-18(30-32(5)19(16)17)21-28-29-22(38-21)20(25)26/h10-11,13-14,20,31H,6-9,12H2,1-3,5H3/t14-/m1/s1. The summed E-state index contributed by atoms with van der Waals surface area (Å²) >= 11 is 0.697. The van der Waals surface area contributed by atoms with Gasteiger partial charge in [-0.1, -0.05) is 25.2 Å². The highest BCUT2D eigenvalue weighted by Crippen LogP contribution is 2.41. The summed E-state index contributed by atoms with van der Waals surface area (Å²) in [5.41, 5.74) is 0.265. The van der Waals surface area contributed by atoms with Gasteiger partial charge in [-0.25, -0.2) is 23.8 Å². The number of fused-ring (bicyclic) bond motifs is 1. The molecule has 3 aromatic rings. The van der Waals surface area contributed by atoms with Crippen molar-refractivity contribution in [3.8, 4) is 10.7 Å². The number of carbonyl (C=O) groups is 1. The van der Waals surface area contributed by atoms with Crippen LogP contribution in [0.4, 0.5) is 14.5 Å². The predicted molar refractivity (Wildman–Crippen MR) is 142 cm³/mol. The summed E-state index contributed by atoms with van der Waals surface area (Å²) in [6.45, 7) is 14.4. The van der Waals surface area contributed by atoms with Crippen LogP contribution in [0.25, 0.3) is 26.4 Å². The third kappa shape index (κ3) is 4.96. The van der Waals surface area contributed by atoms with Gasteiger partial charge in [0, 0.05) is 44.0 Å². The molecule has 39 heavy (non-hydrogen) atoms. The number of hydrogen-bond donors (Lipinski definition) is 1. The Morgan fingerprint density at radius 1 is 1.26 bits per heavy atom. The Hall–Kier alpha value is -3.22. The van der Waals surface area contributed by atoms with E-state index < -0.39 is 27.1 Å². The van der Waals surface area contributed by atoms with Crippen LogP contribution in [-0.4, -0.2) is 70.5 Å². The maximum atomic E-state index is 13.5. The summed E-state index contributed by atoms with van der Waals surface area (Å²) in [7, 11) is -2.42. The first-order valence-corrected chi connectivity index (χ1v) is 14.8. The van der Waals surface area contributed by atoms with Gasteiger partial charge in [0.05, 0.1) is 28.9 Å². The molecule has 1 saturated carbocycles. The van der Waals surface area contributed by atoms with Gasteiger partial charge in [0.25, 0.3) is 12.1 Å². The van der Waals surface area contributed by atoms with E-state index in [1.165, 1.54) is 6.07 Å². The molecule has 2 fully saturated rings. The van der Waals surface area contributed by atoms with Crippen molar-refractivity contribution in [2.24, 2.45) is 13.0 Å². The molecule has 0 radical (unpaired) electrons. The molecule has 208 valence electrons. The molecule has 1 atom stereocenters. The van der Waals surface area contributed by atoms with Crippen LogP contribution < -0.4 is 9.62 Å². The summed E-state index contributed by atoms with van der Waals surface area (Å²) < 4.78 is 57.6. The molecule has 5 rings (SSSR count). The fraction of sp³-hybridized carbons (Fsp3) is 0.542. The summed E-state index contributed by atoms with van der Waals surface area (Å²) in [6.07, 6.45) is -1.95. The van der Waals surface area contributed by atoms with Crippen molar-refractivity contribution in [1.29, 1.82) is 0 Å². The van der Waals surface area contributed by atoms with Crippen LogP contribution in [0.5, 0.6) is 0 Å². The molecule has 2 aliphatic rings. The van der Waals surface area contributed by atoms with E-state index >= 15 is 0 Å². The number of halogens is 2. The lowest BCUT2D eigenvalue weighted by Crippen LogP contribution is -2.55. The van der Waals surface area contributed by atoms with Gasteiger partial charge in [0.2, 0.25) is 15.9 Å². The summed E-state index contributed by atoms with van der Waals surface area (Å²) in [5, 5.41) is 12.1. The molecule has 15 heteroatoms. The summed E-state index contributed by atoms with van der Waals surface area (Å²) in [6, 6.07) is 2.85. The van der Waals surface area contributed by atoms with Crippen LogP contribution in [0.1, 0.15) is 45.0 Å². The second kappa shape index (κ2) is 9.76. The van der Waals surface area contributed by atoms with Crippen LogP contribution in [0.15, 0.2) is 17.0 Å². The number of hydrogen-bond acceptors (Lipinski definition) is 8. The van der Waals surface area contributed by atoms with Gasteiger partial charge in [-0.3, -0.25) is 14.3 Å². The van der Waals surface area contributed by atoms with Gasteiger partial charge in [-0.05, 0) is 19.1 Å². The number of aryl methyl sites for hydroxylation is 1. The fourth-order valence-corrected chi connectivity index (χ4v) is 6.95. The number of carbonyl (C=O) groups excluding carboxylic acids is 1. The molecule has 2 aromatic heterocycles.